The van der Waals surface area contributed by atoms with Crippen molar-refractivity contribution >= 4 is 5.91 Å². The third-order valence-electron chi connectivity index (χ3n) is 3.08. The molecule has 2 aromatic rings. The number of halogens is 1. The number of aromatic nitrogens is 1. The number of nitrogens with zero attached hydrogens (tertiary/aromatic N) is 1. The molecule has 0 spiro atoms. The van der Waals surface area contributed by atoms with E-state index in [4.69, 9.17) is 9.15 Å². The molecule has 2 rings (SSSR count). The number of hydrogen-bond acceptors (Lipinski definition) is 4. The van der Waals surface area contributed by atoms with Crippen molar-refractivity contribution in [2.24, 2.45) is 0 Å². The van der Waals surface area contributed by atoms with E-state index in [1.165, 1.54) is 12.3 Å². The van der Waals surface area contributed by atoms with E-state index in [2.05, 4.69) is 10.3 Å². The lowest BCUT2D eigenvalue weighted by molar-refractivity contribution is -0.122. The maximum atomic E-state index is 13.7. The van der Waals surface area contributed by atoms with Gasteiger partial charge in [-0.3, -0.25) is 4.79 Å². The van der Waals surface area contributed by atoms with Crippen molar-refractivity contribution in [1.29, 1.82) is 0 Å². The number of carbonyl (C=O) groups is 1. The first kappa shape index (κ1) is 16.2. The zero-order valence-electron chi connectivity index (χ0n) is 12.6. The molecule has 0 saturated heterocycles. The fourth-order valence-electron chi connectivity index (χ4n) is 2.07. The van der Waals surface area contributed by atoms with Gasteiger partial charge in [0.15, 0.2) is 11.7 Å². The molecule has 0 aliphatic rings. The van der Waals surface area contributed by atoms with Crippen LogP contribution in [0.3, 0.4) is 0 Å². The summed E-state index contributed by atoms with van der Waals surface area (Å²) in [5.74, 6) is 0.306. The van der Waals surface area contributed by atoms with Crippen LogP contribution < -0.4 is 5.32 Å². The van der Waals surface area contributed by atoms with Crippen LogP contribution in [-0.4, -0.2) is 30.6 Å². The smallest absolute Gasteiger partial charge is 0.220 e. The first-order chi connectivity index (χ1) is 10.6. The third kappa shape index (κ3) is 4.39. The molecule has 1 atom stereocenters. The highest BCUT2D eigenvalue weighted by atomic mass is 19.1. The molecule has 0 aliphatic heterocycles. The van der Waals surface area contributed by atoms with Crippen molar-refractivity contribution in [3.8, 4) is 11.3 Å². The minimum atomic E-state index is -0.365. The third-order valence-corrected chi connectivity index (χ3v) is 3.08. The minimum Gasteiger partial charge on any atom is -0.441 e. The summed E-state index contributed by atoms with van der Waals surface area (Å²) in [6.07, 6.45) is 2.09. The van der Waals surface area contributed by atoms with Crippen LogP contribution in [0.2, 0.25) is 0 Å². The number of benzene rings is 1. The summed E-state index contributed by atoms with van der Waals surface area (Å²) < 4.78 is 24.1. The van der Waals surface area contributed by atoms with Crippen molar-refractivity contribution in [1.82, 2.24) is 10.3 Å². The minimum absolute atomic E-state index is 0.0453. The maximum Gasteiger partial charge on any atom is 0.220 e. The fraction of sp³-hybridized carbons (Fsp3) is 0.375. The number of aryl methyl sites for hydroxylation is 1. The Hall–Kier alpha value is -2.21. The van der Waals surface area contributed by atoms with Gasteiger partial charge in [-0.2, -0.15) is 0 Å². The van der Waals surface area contributed by atoms with Crippen LogP contribution in [0.15, 0.2) is 34.9 Å². The quantitative estimate of drug-likeness (QED) is 0.854. The summed E-state index contributed by atoms with van der Waals surface area (Å²) in [6, 6.07) is 6.28. The number of nitrogens with one attached hydrogen (secondary N) is 1. The second-order valence-electron chi connectivity index (χ2n) is 5.02. The van der Waals surface area contributed by atoms with Gasteiger partial charge >= 0.3 is 0 Å². The fourth-order valence-corrected chi connectivity index (χ4v) is 2.07. The average molecular weight is 306 g/mol. The maximum absolute atomic E-state index is 13.7. The van der Waals surface area contributed by atoms with E-state index >= 15 is 0 Å². The summed E-state index contributed by atoms with van der Waals surface area (Å²) in [6.45, 7) is 2.32. The van der Waals surface area contributed by atoms with Crippen LogP contribution in [0.5, 0.6) is 0 Å². The molecule has 0 aliphatic carbocycles. The van der Waals surface area contributed by atoms with Crippen LogP contribution >= 0.6 is 0 Å². The summed E-state index contributed by atoms with van der Waals surface area (Å²) in [4.78, 5) is 15.8. The number of carbonyl (C=O) groups excluding carboxylic acids is 1. The SMILES string of the molecule is COCC(C)NC(=O)CCc1ncc(-c2ccccc2F)o1. The highest BCUT2D eigenvalue weighted by Gasteiger charge is 2.12. The van der Waals surface area contributed by atoms with E-state index in [-0.39, 0.29) is 24.2 Å². The molecular weight excluding hydrogens is 287 g/mol. The molecule has 1 amide bonds. The standard InChI is InChI=1S/C16H19FN2O3/c1-11(10-21-2)19-15(20)7-8-16-18-9-14(22-16)12-5-3-4-6-13(12)17/h3-6,9,11H,7-8,10H2,1-2H3,(H,19,20). The molecule has 0 fully saturated rings. The molecule has 22 heavy (non-hydrogen) atoms. The van der Waals surface area contributed by atoms with Gasteiger partial charge in [-0.15, -0.1) is 0 Å². The lowest BCUT2D eigenvalue weighted by Gasteiger charge is -2.11. The monoisotopic (exact) mass is 306 g/mol. The summed E-state index contributed by atoms with van der Waals surface area (Å²) >= 11 is 0. The molecule has 1 N–H and O–H groups in total. The Bertz CT molecular complexity index is 627. The van der Waals surface area contributed by atoms with Gasteiger partial charge in [-0.1, -0.05) is 12.1 Å². The van der Waals surface area contributed by atoms with Crippen LogP contribution in [0.25, 0.3) is 11.3 Å². The van der Waals surface area contributed by atoms with Crippen molar-refractivity contribution in [3.63, 3.8) is 0 Å². The highest BCUT2D eigenvalue weighted by Crippen LogP contribution is 2.23. The first-order valence-electron chi connectivity index (χ1n) is 7.08. The Morgan fingerprint density at radius 1 is 1.45 bits per heavy atom. The van der Waals surface area contributed by atoms with E-state index in [1.807, 2.05) is 6.92 Å². The molecule has 0 saturated carbocycles. The van der Waals surface area contributed by atoms with Crippen LogP contribution in [0.4, 0.5) is 4.39 Å². The summed E-state index contributed by atoms with van der Waals surface area (Å²) in [5, 5.41) is 2.81. The Balaban J connectivity index is 1.90. The number of oxazole rings is 1. The Morgan fingerprint density at radius 3 is 2.95 bits per heavy atom. The van der Waals surface area contributed by atoms with Crippen molar-refractivity contribution in [2.45, 2.75) is 25.8 Å². The first-order valence-corrected chi connectivity index (χ1v) is 7.08. The van der Waals surface area contributed by atoms with Gasteiger partial charge in [-0.25, -0.2) is 9.37 Å². The van der Waals surface area contributed by atoms with Crippen molar-refractivity contribution in [2.75, 3.05) is 13.7 Å². The van der Waals surface area contributed by atoms with Gasteiger partial charge in [0, 0.05) is 26.0 Å². The van der Waals surface area contributed by atoms with Crippen molar-refractivity contribution < 1.29 is 18.3 Å². The number of methoxy groups -OCH3 is 1. The van der Waals surface area contributed by atoms with Gasteiger partial charge < -0.3 is 14.5 Å². The van der Waals surface area contributed by atoms with Crippen LogP contribution in [-0.2, 0) is 16.0 Å². The molecule has 0 bridgehead atoms. The number of amides is 1. The van der Waals surface area contributed by atoms with Gasteiger partial charge in [0.2, 0.25) is 5.91 Å². The second-order valence-corrected chi connectivity index (χ2v) is 5.02. The van der Waals surface area contributed by atoms with Crippen LogP contribution in [0, 0.1) is 5.82 Å². The zero-order chi connectivity index (χ0) is 15.9. The topological polar surface area (TPSA) is 64.4 Å². The Morgan fingerprint density at radius 2 is 2.23 bits per heavy atom. The lowest BCUT2D eigenvalue weighted by atomic mass is 10.2. The van der Waals surface area contributed by atoms with E-state index in [9.17, 15) is 9.18 Å². The van der Waals surface area contributed by atoms with E-state index in [1.54, 1.807) is 25.3 Å². The van der Waals surface area contributed by atoms with Gasteiger partial charge in [0.1, 0.15) is 5.82 Å². The molecule has 1 aromatic carbocycles. The Kier molecular flexibility index (Phi) is 5.66. The molecule has 0 radical (unpaired) electrons. The van der Waals surface area contributed by atoms with Gasteiger partial charge in [-0.05, 0) is 19.1 Å². The molecule has 1 aromatic heterocycles. The second kappa shape index (κ2) is 7.70. The summed E-state index contributed by atoms with van der Waals surface area (Å²) in [7, 11) is 1.58. The van der Waals surface area contributed by atoms with E-state index in [0.717, 1.165) is 0 Å². The van der Waals surface area contributed by atoms with Gasteiger partial charge in [0.05, 0.1) is 18.4 Å². The Labute approximate surface area is 128 Å². The normalized spacial score (nSPS) is 12.1. The van der Waals surface area contributed by atoms with E-state index < -0.39 is 0 Å². The average Bonchev–Trinajstić information content (AvgIpc) is 2.94. The molecule has 118 valence electrons. The number of rotatable bonds is 7. The largest absolute Gasteiger partial charge is 0.441 e. The van der Waals surface area contributed by atoms with Gasteiger partial charge in [0.25, 0.3) is 0 Å². The highest BCUT2D eigenvalue weighted by molar-refractivity contribution is 5.76. The molecule has 1 heterocycles. The predicted molar refractivity (Wildman–Crippen MR) is 79.7 cm³/mol. The zero-order valence-corrected chi connectivity index (χ0v) is 12.6. The van der Waals surface area contributed by atoms with E-state index in [0.29, 0.717) is 30.2 Å². The molecule has 6 heteroatoms. The molecular formula is C16H19FN2O3. The number of hydrogen-bond donors (Lipinski definition) is 1. The summed E-state index contributed by atoms with van der Waals surface area (Å²) in [5.41, 5.74) is 0.361. The predicted octanol–water partition coefficient (Wildman–Crippen LogP) is 2.56. The molecule has 5 nitrogen and oxygen atoms in total. The lowest BCUT2D eigenvalue weighted by Crippen LogP contribution is -2.35. The molecule has 1 unspecified atom stereocenters. The van der Waals surface area contributed by atoms with Crippen molar-refractivity contribution in [3.05, 3.63) is 42.2 Å². The van der Waals surface area contributed by atoms with Crippen LogP contribution in [0.1, 0.15) is 19.2 Å². The number of ether oxygens (including phenoxy) is 1.